The molecule has 5 nitrogen and oxygen atoms in total. The molecule has 1 amide bonds. The number of anilines is 2. The molecule has 1 aromatic rings. The van der Waals surface area contributed by atoms with E-state index in [2.05, 4.69) is 10.4 Å². The van der Waals surface area contributed by atoms with E-state index < -0.39 is 0 Å². The second-order valence-electron chi connectivity index (χ2n) is 4.86. The van der Waals surface area contributed by atoms with Gasteiger partial charge in [0.1, 0.15) is 0 Å². The molecule has 1 heterocycles. The summed E-state index contributed by atoms with van der Waals surface area (Å²) in [5.74, 6) is 0.516. The summed E-state index contributed by atoms with van der Waals surface area (Å²) in [7, 11) is 1.74. The molecule has 0 aromatic carbocycles. The van der Waals surface area contributed by atoms with Gasteiger partial charge in [-0.1, -0.05) is 20.8 Å². The van der Waals surface area contributed by atoms with Crippen LogP contribution in [0.5, 0.6) is 0 Å². The van der Waals surface area contributed by atoms with Gasteiger partial charge in [0.2, 0.25) is 5.91 Å². The highest BCUT2D eigenvalue weighted by Gasteiger charge is 2.17. The lowest BCUT2D eigenvalue weighted by Gasteiger charge is -2.17. The first kappa shape index (κ1) is 11.6. The fourth-order valence-electron chi connectivity index (χ4n) is 1.27. The largest absolute Gasteiger partial charge is 0.394 e. The van der Waals surface area contributed by atoms with Gasteiger partial charge in [-0.2, -0.15) is 5.10 Å². The highest BCUT2D eigenvalue weighted by Crippen LogP contribution is 2.21. The molecular weight excluding hydrogens is 192 g/mol. The summed E-state index contributed by atoms with van der Waals surface area (Å²) in [6, 6.07) is 0. The van der Waals surface area contributed by atoms with E-state index in [-0.39, 0.29) is 11.3 Å². The summed E-state index contributed by atoms with van der Waals surface area (Å²) in [4.78, 5) is 11.6. The number of nitrogens with zero attached hydrogens (tertiary/aromatic N) is 2. The summed E-state index contributed by atoms with van der Waals surface area (Å²) in [5, 5.41) is 6.69. The van der Waals surface area contributed by atoms with E-state index in [9.17, 15) is 4.79 Å². The SMILES string of the molecule is Cn1ncc(N)c1NC(=O)CC(C)(C)C. The average Bonchev–Trinajstić information content (AvgIpc) is 2.32. The monoisotopic (exact) mass is 210 g/mol. The second kappa shape index (κ2) is 3.92. The third-order valence-corrected chi connectivity index (χ3v) is 1.92. The van der Waals surface area contributed by atoms with Crippen LogP contribution in [-0.2, 0) is 11.8 Å². The summed E-state index contributed by atoms with van der Waals surface area (Å²) in [6.07, 6.45) is 1.98. The Bertz CT molecular complexity index is 342. The van der Waals surface area contributed by atoms with Crippen molar-refractivity contribution in [3.8, 4) is 0 Å². The first-order chi connectivity index (χ1) is 6.79. The van der Waals surface area contributed by atoms with E-state index in [4.69, 9.17) is 5.73 Å². The van der Waals surface area contributed by atoms with Gasteiger partial charge in [-0.25, -0.2) is 0 Å². The molecule has 1 rings (SSSR count). The number of carbonyl (C=O) groups is 1. The summed E-state index contributed by atoms with van der Waals surface area (Å²) >= 11 is 0. The molecule has 1 aromatic heterocycles. The van der Waals surface area contributed by atoms with Gasteiger partial charge in [0.25, 0.3) is 0 Å². The zero-order valence-electron chi connectivity index (χ0n) is 9.66. The van der Waals surface area contributed by atoms with Crippen LogP contribution in [-0.4, -0.2) is 15.7 Å². The quantitative estimate of drug-likeness (QED) is 0.774. The van der Waals surface area contributed by atoms with Crippen molar-refractivity contribution in [2.24, 2.45) is 12.5 Å². The van der Waals surface area contributed by atoms with E-state index in [1.165, 1.54) is 6.20 Å². The Morgan fingerprint density at radius 3 is 2.60 bits per heavy atom. The highest BCUT2D eigenvalue weighted by atomic mass is 16.1. The van der Waals surface area contributed by atoms with Crippen molar-refractivity contribution in [1.82, 2.24) is 9.78 Å². The van der Waals surface area contributed by atoms with Gasteiger partial charge < -0.3 is 11.1 Å². The van der Waals surface area contributed by atoms with Gasteiger partial charge in [0.15, 0.2) is 5.82 Å². The first-order valence-electron chi connectivity index (χ1n) is 4.87. The average molecular weight is 210 g/mol. The van der Waals surface area contributed by atoms with E-state index in [1.807, 2.05) is 20.8 Å². The molecule has 0 bridgehead atoms. The predicted molar refractivity (Wildman–Crippen MR) is 60.3 cm³/mol. The normalized spacial score (nSPS) is 11.5. The summed E-state index contributed by atoms with van der Waals surface area (Å²) in [5.41, 5.74) is 6.11. The minimum atomic E-state index is -0.0437. The highest BCUT2D eigenvalue weighted by molar-refractivity contribution is 5.92. The maximum absolute atomic E-state index is 11.6. The standard InChI is InChI=1S/C10H18N4O/c1-10(2,3)5-8(15)13-9-7(11)6-12-14(9)4/h6H,5,11H2,1-4H3,(H,13,15). The van der Waals surface area contributed by atoms with Crippen LogP contribution in [0, 0.1) is 5.41 Å². The molecule has 0 aliphatic rings. The van der Waals surface area contributed by atoms with Crippen molar-refractivity contribution in [2.45, 2.75) is 27.2 Å². The van der Waals surface area contributed by atoms with E-state index in [0.29, 0.717) is 17.9 Å². The number of hydrogen-bond acceptors (Lipinski definition) is 3. The third kappa shape index (κ3) is 3.27. The summed E-state index contributed by atoms with van der Waals surface area (Å²) < 4.78 is 1.55. The molecule has 3 N–H and O–H groups in total. The molecule has 0 aliphatic heterocycles. The zero-order chi connectivity index (χ0) is 11.6. The number of nitrogens with two attached hydrogens (primary N) is 1. The van der Waals surface area contributed by atoms with Gasteiger partial charge in [-0.15, -0.1) is 0 Å². The fraction of sp³-hybridized carbons (Fsp3) is 0.600. The number of nitrogens with one attached hydrogen (secondary N) is 1. The topological polar surface area (TPSA) is 72.9 Å². The van der Waals surface area contributed by atoms with Crippen LogP contribution in [0.4, 0.5) is 11.5 Å². The number of carbonyl (C=O) groups excluding carboxylic acids is 1. The van der Waals surface area contributed by atoms with Gasteiger partial charge in [0.05, 0.1) is 11.9 Å². The van der Waals surface area contributed by atoms with Crippen LogP contribution in [0.2, 0.25) is 0 Å². The number of hydrogen-bond donors (Lipinski definition) is 2. The Labute approximate surface area is 89.6 Å². The molecule has 84 valence electrons. The number of amides is 1. The Balaban J connectivity index is 2.67. The number of aromatic nitrogens is 2. The van der Waals surface area contributed by atoms with E-state index >= 15 is 0 Å². The van der Waals surface area contributed by atoms with Crippen molar-refractivity contribution >= 4 is 17.4 Å². The van der Waals surface area contributed by atoms with Crippen LogP contribution in [0.1, 0.15) is 27.2 Å². The van der Waals surface area contributed by atoms with E-state index in [1.54, 1.807) is 11.7 Å². The Morgan fingerprint density at radius 2 is 2.20 bits per heavy atom. The smallest absolute Gasteiger partial charge is 0.226 e. The lowest BCUT2D eigenvalue weighted by molar-refractivity contribution is -0.117. The Kier molecular flexibility index (Phi) is 3.02. The number of rotatable bonds is 2. The van der Waals surface area contributed by atoms with Crippen molar-refractivity contribution in [2.75, 3.05) is 11.1 Å². The van der Waals surface area contributed by atoms with Crippen LogP contribution >= 0.6 is 0 Å². The molecule has 15 heavy (non-hydrogen) atoms. The van der Waals surface area contributed by atoms with Crippen molar-refractivity contribution in [3.63, 3.8) is 0 Å². The second-order valence-corrected chi connectivity index (χ2v) is 4.86. The lowest BCUT2D eigenvalue weighted by atomic mass is 9.92. The van der Waals surface area contributed by atoms with Crippen LogP contribution in [0.15, 0.2) is 6.20 Å². The molecule has 0 saturated carbocycles. The zero-order valence-corrected chi connectivity index (χ0v) is 9.66. The van der Waals surface area contributed by atoms with Crippen LogP contribution < -0.4 is 11.1 Å². The molecule has 0 atom stereocenters. The fourth-order valence-corrected chi connectivity index (χ4v) is 1.27. The molecule has 0 fully saturated rings. The van der Waals surface area contributed by atoms with Gasteiger partial charge >= 0.3 is 0 Å². The third-order valence-electron chi connectivity index (χ3n) is 1.92. The minimum absolute atomic E-state index is 0.0303. The molecule has 0 unspecified atom stereocenters. The molecule has 0 saturated heterocycles. The van der Waals surface area contributed by atoms with Crippen molar-refractivity contribution in [1.29, 1.82) is 0 Å². The first-order valence-corrected chi connectivity index (χ1v) is 4.87. The lowest BCUT2D eigenvalue weighted by Crippen LogP contribution is -2.21. The molecule has 5 heteroatoms. The summed E-state index contributed by atoms with van der Waals surface area (Å²) in [6.45, 7) is 6.04. The molecular formula is C10H18N4O. The number of nitrogen functional groups attached to an aromatic ring is 1. The Hall–Kier alpha value is -1.52. The molecule has 0 spiro atoms. The van der Waals surface area contributed by atoms with Crippen molar-refractivity contribution < 1.29 is 4.79 Å². The maximum atomic E-state index is 11.6. The molecule has 0 aliphatic carbocycles. The maximum Gasteiger partial charge on any atom is 0.226 e. The Morgan fingerprint density at radius 1 is 1.60 bits per heavy atom. The van der Waals surface area contributed by atoms with Gasteiger partial charge in [-0.3, -0.25) is 9.48 Å². The van der Waals surface area contributed by atoms with E-state index in [0.717, 1.165) is 0 Å². The van der Waals surface area contributed by atoms with Gasteiger partial charge in [0, 0.05) is 13.5 Å². The predicted octanol–water partition coefficient (Wildman–Crippen LogP) is 1.38. The van der Waals surface area contributed by atoms with Gasteiger partial charge in [-0.05, 0) is 5.41 Å². The van der Waals surface area contributed by atoms with Crippen LogP contribution in [0.3, 0.4) is 0 Å². The van der Waals surface area contributed by atoms with Crippen LogP contribution in [0.25, 0.3) is 0 Å². The molecule has 0 radical (unpaired) electrons. The van der Waals surface area contributed by atoms with Crippen molar-refractivity contribution in [3.05, 3.63) is 6.20 Å². The number of aryl methyl sites for hydroxylation is 1. The minimum Gasteiger partial charge on any atom is -0.394 e.